The predicted octanol–water partition coefficient (Wildman–Crippen LogP) is 2.88. The van der Waals surface area contributed by atoms with Crippen LogP contribution in [-0.2, 0) is 10.2 Å². The molecular weight excluding hydrogens is 446 g/mol. The lowest BCUT2D eigenvalue weighted by Crippen LogP contribution is -2.47. The average molecular weight is 476 g/mol. The Labute approximate surface area is 203 Å². The van der Waals surface area contributed by atoms with Crippen LogP contribution in [0.15, 0.2) is 41.4 Å². The van der Waals surface area contributed by atoms with Crippen molar-refractivity contribution < 1.29 is 19.1 Å². The number of carbonyl (C=O) groups is 2. The molecule has 1 spiro atoms. The molecule has 2 aromatic carbocycles. The monoisotopic (exact) mass is 475 g/mol. The van der Waals surface area contributed by atoms with E-state index in [1.54, 1.807) is 0 Å². The largest absolute Gasteiger partial charge is 0.454 e. The molecule has 1 fully saturated rings. The first-order chi connectivity index (χ1) is 16.9. The third kappa shape index (κ3) is 3.32. The Kier molecular flexibility index (Phi) is 4.91. The Bertz CT molecular complexity index is 1260. The van der Waals surface area contributed by atoms with E-state index in [2.05, 4.69) is 10.3 Å². The summed E-state index contributed by atoms with van der Waals surface area (Å²) in [7, 11) is 0. The topological polar surface area (TPSA) is 109 Å². The first-order valence-electron chi connectivity index (χ1n) is 12.1. The number of amidine groups is 1. The molecule has 9 nitrogen and oxygen atoms in total. The van der Waals surface area contributed by atoms with Crippen molar-refractivity contribution in [2.75, 3.05) is 31.3 Å². The van der Waals surface area contributed by atoms with Crippen molar-refractivity contribution in [3.63, 3.8) is 0 Å². The van der Waals surface area contributed by atoms with Crippen molar-refractivity contribution in [1.82, 2.24) is 10.2 Å². The quantitative estimate of drug-likeness (QED) is 0.710. The van der Waals surface area contributed by atoms with Gasteiger partial charge in [-0.2, -0.15) is 0 Å². The molecule has 4 aliphatic heterocycles. The number of carbonyl (C=O) groups excluding carboxylic acids is 2. The molecule has 35 heavy (non-hydrogen) atoms. The number of benzene rings is 2. The summed E-state index contributed by atoms with van der Waals surface area (Å²) < 4.78 is 11.2. The van der Waals surface area contributed by atoms with E-state index in [0.717, 1.165) is 23.2 Å². The second kappa shape index (κ2) is 7.90. The predicted molar refractivity (Wildman–Crippen MR) is 131 cm³/mol. The number of rotatable bonds is 3. The summed E-state index contributed by atoms with van der Waals surface area (Å²) in [5, 5.41) is 2.96. The Morgan fingerprint density at radius 3 is 2.80 bits per heavy atom. The molecule has 4 heterocycles. The molecule has 0 bridgehead atoms. The first-order valence-corrected chi connectivity index (χ1v) is 12.1. The van der Waals surface area contributed by atoms with E-state index in [1.165, 1.54) is 0 Å². The van der Waals surface area contributed by atoms with Gasteiger partial charge in [-0.3, -0.25) is 4.79 Å². The fourth-order valence-corrected chi connectivity index (χ4v) is 5.83. The van der Waals surface area contributed by atoms with Gasteiger partial charge in [0.2, 0.25) is 12.7 Å². The lowest BCUT2D eigenvalue weighted by molar-refractivity contribution is -0.121. The molecule has 182 valence electrons. The zero-order valence-electron chi connectivity index (χ0n) is 19.9. The lowest BCUT2D eigenvalue weighted by atomic mass is 9.70. The molecule has 2 aromatic rings. The van der Waals surface area contributed by atoms with E-state index in [-0.39, 0.29) is 30.7 Å². The first kappa shape index (κ1) is 21.8. The number of ether oxygens (including phenoxy) is 2. The van der Waals surface area contributed by atoms with Gasteiger partial charge in [-0.1, -0.05) is 18.2 Å². The fraction of sp³-hybridized carbons (Fsp3) is 0.423. The maximum absolute atomic E-state index is 14.3. The zero-order valence-corrected chi connectivity index (χ0v) is 19.9. The molecule has 2 unspecified atom stereocenters. The molecule has 6 rings (SSSR count). The number of amides is 3. The van der Waals surface area contributed by atoms with Gasteiger partial charge < -0.3 is 30.3 Å². The highest BCUT2D eigenvalue weighted by molar-refractivity contribution is 6.14. The molecule has 0 aliphatic carbocycles. The van der Waals surface area contributed by atoms with Gasteiger partial charge in [-0.05, 0) is 43.9 Å². The number of nitrogens with one attached hydrogen (secondary N) is 1. The Morgan fingerprint density at radius 1 is 1.23 bits per heavy atom. The highest BCUT2D eigenvalue weighted by Gasteiger charge is 2.55. The van der Waals surface area contributed by atoms with Crippen LogP contribution in [-0.4, -0.2) is 55.1 Å². The van der Waals surface area contributed by atoms with E-state index < -0.39 is 5.41 Å². The molecule has 3 N–H and O–H groups in total. The van der Waals surface area contributed by atoms with Gasteiger partial charge in [0, 0.05) is 49.4 Å². The van der Waals surface area contributed by atoms with Crippen LogP contribution >= 0.6 is 0 Å². The van der Waals surface area contributed by atoms with Crippen LogP contribution in [0.3, 0.4) is 0 Å². The van der Waals surface area contributed by atoms with Gasteiger partial charge in [0.25, 0.3) is 0 Å². The number of nitrogens with zero attached hydrogens (tertiary/aromatic N) is 3. The van der Waals surface area contributed by atoms with E-state index in [4.69, 9.17) is 15.2 Å². The van der Waals surface area contributed by atoms with Crippen LogP contribution in [0.25, 0.3) is 0 Å². The number of urea groups is 1. The van der Waals surface area contributed by atoms with E-state index in [0.29, 0.717) is 49.1 Å². The maximum atomic E-state index is 14.3. The summed E-state index contributed by atoms with van der Waals surface area (Å²) in [5.74, 6) is 1.81. The number of hydrogen-bond acceptors (Lipinski definition) is 6. The fourth-order valence-electron chi connectivity index (χ4n) is 5.83. The number of nitrogens with two attached hydrogens (primary N) is 1. The Hall–Kier alpha value is -3.75. The van der Waals surface area contributed by atoms with Crippen LogP contribution in [0.5, 0.6) is 11.5 Å². The van der Waals surface area contributed by atoms with Crippen molar-refractivity contribution in [1.29, 1.82) is 0 Å². The van der Waals surface area contributed by atoms with Gasteiger partial charge in [-0.15, -0.1) is 0 Å². The maximum Gasteiger partial charge on any atom is 0.317 e. The number of aliphatic imine (C=N–C) groups is 1. The number of likely N-dealkylation sites (tertiary alicyclic amines) is 1. The molecule has 9 heteroatoms. The minimum absolute atomic E-state index is 0.0123. The van der Waals surface area contributed by atoms with Crippen molar-refractivity contribution in [2.24, 2.45) is 16.6 Å². The summed E-state index contributed by atoms with van der Waals surface area (Å²) >= 11 is 0. The number of anilines is 1. The standard InChI is InChI=1S/C26H29N5O4/c1-15(2)28-25(33)30-8-7-16(12-30)13-31-20-6-4-3-5-17(20)26(24(31)32)11-23(27)29-19-10-22-21(9-18(19)26)34-14-35-22/h3-6,9-10,15-16H,7-8,11-14H2,1-2H3,(H2,27,29)(H,28,33). The van der Waals surface area contributed by atoms with Crippen molar-refractivity contribution in [3.8, 4) is 11.5 Å². The average Bonchev–Trinajstić information content (AvgIpc) is 3.53. The highest BCUT2D eigenvalue weighted by Crippen LogP contribution is 2.55. The van der Waals surface area contributed by atoms with Crippen molar-refractivity contribution in [3.05, 3.63) is 47.5 Å². The molecule has 0 aromatic heterocycles. The van der Waals surface area contributed by atoms with E-state index in [9.17, 15) is 9.59 Å². The summed E-state index contributed by atoms with van der Waals surface area (Å²) in [6.45, 7) is 5.90. The van der Waals surface area contributed by atoms with Gasteiger partial charge in [0.15, 0.2) is 11.5 Å². The van der Waals surface area contributed by atoms with Gasteiger partial charge in [0.05, 0.1) is 5.69 Å². The van der Waals surface area contributed by atoms with Crippen LogP contribution in [0.2, 0.25) is 0 Å². The minimum Gasteiger partial charge on any atom is -0.454 e. The SMILES string of the molecule is CC(C)NC(=O)N1CCC(CN2C(=O)C3(CC(N)=Nc4cc5c(cc43)OCO5)c3ccccc32)C1. The summed E-state index contributed by atoms with van der Waals surface area (Å²) in [5.41, 5.74) is 8.61. The summed E-state index contributed by atoms with van der Waals surface area (Å²) in [6, 6.07) is 11.7. The Morgan fingerprint density at radius 2 is 2.00 bits per heavy atom. The van der Waals surface area contributed by atoms with Crippen LogP contribution < -0.4 is 25.4 Å². The zero-order chi connectivity index (χ0) is 24.3. The second-order valence-electron chi connectivity index (χ2n) is 10.0. The lowest BCUT2D eigenvalue weighted by Gasteiger charge is -2.33. The number of para-hydroxylation sites is 1. The molecule has 3 amide bonds. The second-order valence-corrected chi connectivity index (χ2v) is 10.0. The molecular formula is C26H29N5O4. The van der Waals surface area contributed by atoms with E-state index in [1.807, 2.05) is 60.0 Å². The normalized spacial score (nSPS) is 24.1. The minimum atomic E-state index is -0.966. The van der Waals surface area contributed by atoms with Crippen LogP contribution in [0.1, 0.15) is 37.8 Å². The van der Waals surface area contributed by atoms with Gasteiger partial charge >= 0.3 is 6.03 Å². The van der Waals surface area contributed by atoms with Crippen molar-refractivity contribution in [2.45, 2.75) is 38.1 Å². The highest BCUT2D eigenvalue weighted by atomic mass is 16.7. The van der Waals surface area contributed by atoms with E-state index >= 15 is 0 Å². The van der Waals surface area contributed by atoms with Crippen LogP contribution in [0.4, 0.5) is 16.2 Å². The summed E-state index contributed by atoms with van der Waals surface area (Å²) in [6.07, 6.45) is 1.16. The third-order valence-electron chi connectivity index (χ3n) is 7.35. The number of hydrogen-bond donors (Lipinski definition) is 2. The molecule has 0 saturated carbocycles. The third-order valence-corrected chi connectivity index (χ3v) is 7.35. The molecule has 4 aliphatic rings. The Balaban J connectivity index is 1.36. The number of fused-ring (bicyclic) bond motifs is 5. The van der Waals surface area contributed by atoms with Gasteiger partial charge in [0.1, 0.15) is 11.3 Å². The molecule has 2 atom stereocenters. The smallest absolute Gasteiger partial charge is 0.317 e. The van der Waals surface area contributed by atoms with Gasteiger partial charge in [-0.25, -0.2) is 9.79 Å². The molecule has 1 saturated heterocycles. The van der Waals surface area contributed by atoms with Crippen molar-refractivity contribution >= 4 is 29.1 Å². The summed E-state index contributed by atoms with van der Waals surface area (Å²) in [4.78, 5) is 35.1. The molecule has 0 radical (unpaired) electrons. The van der Waals surface area contributed by atoms with Crippen LogP contribution in [0, 0.1) is 5.92 Å².